The van der Waals surface area contributed by atoms with Crippen molar-refractivity contribution in [2.45, 2.75) is 13.5 Å². The normalized spacial score (nSPS) is 10.7. The fourth-order valence-corrected chi connectivity index (χ4v) is 3.78. The van der Waals surface area contributed by atoms with Crippen molar-refractivity contribution in [1.29, 1.82) is 0 Å². The van der Waals surface area contributed by atoms with Crippen LogP contribution in [-0.4, -0.2) is 31.8 Å². The fourth-order valence-electron chi connectivity index (χ4n) is 3.78. The first-order chi connectivity index (χ1) is 15.7. The van der Waals surface area contributed by atoms with E-state index >= 15 is 0 Å². The van der Waals surface area contributed by atoms with Crippen molar-refractivity contribution in [2.24, 2.45) is 0 Å². The average Bonchev–Trinajstić information content (AvgIpc) is 3.23. The minimum absolute atomic E-state index is 0.213. The Hall–Kier alpha value is -3.93. The average molecular weight is 431 g/mol. The number of hydrogen-bond acceptors (Lipinski definition) is 4. The highest BCUT2D eigenvalue weighted by Crippen LogP contribution is 2.40. The van der Waals surface area contributed by atoms with Crippen LogP contribution in [0.3, 0.4) is 0 Å². The number of hydrogen-bond donors (Lipinski definition) is 1. The van der Waals surface area contributed by atoms with E-state index in [9.17, 15) is 4.79 Å². The van der Waals surface area contributed by atoms with E-state index in [4.69, 9.17) is 14.2 Å². The Kier molecular flexibility index (Phi) is 6.31. The lowest BCUT2D eigenvalue weighted by molar-refractivity contribution is 0.147. The van der Waals surface area contributed by atoms with Crippen LogP contribution in [0.1, 0.15) is 12.5 Å². The molecule has 1 aromatic heterocycles. The smallest absolute Gasteiger partial charge is 0.414 e. The molecule has 6 nitrogen and oxygen atoms in total. The number of nitrogens with one attached hydrogen (secondary N) is 1. The zero-order valence-electron chi connectivity index (χ0n) is 18.4. The van der Waals surface area contributed by atoms with Gasteiger partial charge in [0.15, 0.2) is 11.5 Å². The molecule has 0 bridgehead atoms. The Labute approximate surface area is 187 Å². The van der Waals surface area contributed by atoms with Gasteiger partial charge in [-0.05, 0) is 36.8 Å². The molecule has 32 heavy (non-hydrogen) atoms. The number of anilines is 1. The lowest BCUT2D eigenvalue weighted by Gasteiger charge is -2.22. The predicted octanol–water partition coefficient (Wildman–Crippen LogP) is 6.02. The van der Waals surface area contributed by atoms with E-state index in [1.54, 1.807) is 19.1 Å². The van der Waals surface area contributed by atoms with Crippen LogP contribution in [0.4, 0.5) is 10.5 Å². The number of H-pyrrole nitrogens is 1. The zero-order valence-corrected chi connectivity index (χ0v) is 18.4. The molecular weight excluding hydrogens is 404 g/mol. The monoisotopic (exact) mass is 430 g/mol. The van der Waals surface area contributed by atoms with Crippen LogP contribution in [-0.2, 0) is 11.3 Å². The lowest BCUT2D eigenvalue weighted by atomic mass is 10.1. The lowest BCUT2D eigenvalue weighted by Crippen LogP contribution is -2.31. The molecule has 0 spiro atoms. The Morgan fingerprint density at radius 1 is 0.906 bits per heavy atom. The summed E-state index contributed by atoms with van der Waals surface area (Å²) in [4.78, 5) is 18.3. The second-order valence-corrected chi connectivity index (χ2v) is 7.25. The number of fused-ring (bicyclic) bond motifs is 1. The van der Waals surface area contributed by atoms with Crippen LogP contribution in [0.5, 0.6) is 11.5 Å². The van der Waals surface area contributed by atoms with E-state index in [0.29, 0.717) is 18.0 Å². The number of methoxy groups -OCH3 is 2. The summed E-state index contributed by atoms with van der Waals surface area (Å²) in [5.41, 5.74) is 4.33. The van der Waals surface area contributed by atoms with Gasteiger partial charge in [-0.25, -0.2) is 4.79 Å². The number of aromatic nitrogens is 1. The number of rotatable bonds is 7. The Morgan fingerprint density at radius 3 is 2.34 bits per heavy atom. The third-order valence-electron chi connectivity index (χ3n) is 5.36. The molecule has 0 aliphatic heterocycles. The molecule has 4 rings (SSSR count). The molecule has 1 heterocycles. The van der Waals surface area contributed by atoms with Crippen LogP contribution in [0.25, 0.3) is 22.2 Å². The number of amides is 1. The highest BCUT2D eigenvalue weighted by molar-refractivity contribution is 6.07. The van der Waals surface area contributed by atoms with Crippen molar-refractivity contribution in [1.82, 2.24) is 4.98 Å². The molecule has 0 aliphatic rings. The van der Waals surface area contributed by atoms with Gasteiger partial charge in [0.1, 0.15) is 6.61 Å². The number of para-hydroxylation sites is 1. The molecule has 0 aliphatic carbocycles. The molecule has 0 fully saturated rings. The molecule has 0 saturated heterocycles. The van der Waals surface area contributed by atoms with Gasteiger partial charge in [0, 0.05) is 23.0 Å². The standard InChI is InChI=1S/C26H26N2O4/c1-4-28(26(29)32-17-18-10-6-5-7-11-18)25-20-12-8-9-13-21(20)27-24(25)19-14-15-22(30-2)23(16-19)31-3/h5-16,27H,4,17H2,1-3H3. The first-order valence-electron chi connectivity index (χ1n) is 10.5. The second kappa shape index (κ2) is 9.47. The number of ether oxygens (including phenoxy) is 3. The summed E-state index contributed by atoms with van der Waals surface area (Å²) in [7, 11) is 3.21. The molecule has 0 radical (unpaired) electrons. The van der Waals surface area contributed by atoms with E-state index in [2.05, 4.69) is 4.98 Å². The number of carbonyl (C=O) groups excluding carboxylic acids is 1. The number of carbonyl (C=O) groups is 1. The summed E-state index contributed by atoms with van der Waals surface area (Å²) in [5.74, 6) is 1.26. The van der Waals surface area contributed by atoms with Gasteiger partial charge in [-0.1, -0.05) is 48.5 Å². The molecular formula is C26H26N2O4. The van der Waals surface area contributed by atoms with E-state index in [1.807, 2.05) is 79.7 Å². The Bertz CT molecular complexity index is 1220. The third-order valence-corrected chi connectivity index (χ3v) is 5.36. The molecule has 3 aromatic carbocycles. The Balaban J connectivity index is 1.76. The summed E-state index contributed by atoms with van der Waals surface area (Å²) >= 11 is 0. The van der Waals surface area contributed by atoms with E-state index in [-0.39, 0.29) is 6.61 Å². The molecule has 1 amide bonds. The minimum atomic E-state index is -0.400. The number of benzene rings is 3. The molecule has 0 saturated carbocycles. The molecule has 0 atom stereocenters. The second-order valence-electron chi connectivity index (χ2n) is 7.25. The van der Waals surface area contributed by atoms with Crippen LogP contribution in [0.15, 0.2) is 72.8 Å². The third kappa shape index (κ3) is 4.12. The summed E-state index contributed by atoms with van der Waals surface area (Å²) < 4.78 is 16.5. The van der Waals surface area contributed by atoms with Gasteiger partial charge in [0.2, 0.25) is 0 Å². The molecule has 6 heteroatoms. The minimum Gasteiger partial charge on any atom is -0.493 e. The summed E-state index contributed by atoms with van der Waals surface area (Å²) in [6.45, 7) is 2.60. The molecule has 0 unspecified atom stereocenters. The van der Waals surface area contributed by atoms with Crippen molar-refractivity contribution in [2.75, 3.05) is 25.7 Å². The van der Waals surface area contributed by atoms with Crippen molar-refractivity contribution >= 4 is 22.7 Å². The topological polar surface area (TPSA) is 63.8 Å². The maximum absolute atomic E-state index is 13.1. The van der Waals surface area contributed by atoms with Crippen molar-refractivity contribution < 1.29 is 19.0 Å². The van der Waals surface area contributed by atoms with E-state index in [1.165, 1.54) is 0 Å². The maximum atomic E-state index is 13.1. The van der Waals surface area contributed by atoms with Gasteiger partial charge in [0.05, 0.1) is 25.6 Å². The highest BCUT2D eigenvalue weighted by atomic mass is 16.6. The maximum Gasteiger partial charge on any atom is 0.414 e. The van der Waals surface area contributed by atoms with Gasteiger partial charge in [-0.3, -0.25) is 4.90 Å². The number of aromatic amines is 1. The van der Waals surface area contributed by atoms with Crippen LogP contribution in [0.2, 0.25) is 0 Å². The van der Waals surface area contributed by atoms with E-state index < -0.39 is 6.09 Å². The zero-order chi connectivity index (χ0) is 22.5. The van der Waals surface area contributed by atoms with Crippen molar-refractivity contribution in [3.63, 3.8) is 0 Å². The summed E-state index contributed by atoms with van der Waals surface area (Å²) in [6.07, 6.45) is -0.400. The SMILES string of the molecule is CCN(C(=O)OCc1ccccc1)c1c(-c2ccc(OC)c(OC)c2)[nH]c2ccccc12. The van der Waals surface area contributed by atoms with Crippen molar-refractivity contribution in [3.05, 3.63) is 78.4 Å². The molecule has 164 valence electrons. The largest absolute Gasteiger partial charge is 0.493 e. The van der Waals surface area contributed by atoms with Crippen molar-refractivity contribution in [3.8, 4) is 22.8 Å². The molecule has 4 aromatic rings. The predicted molar refractivity (Wildman–Crippen MR) is 126 cm³/mol. The number of nitrogens with zero attached hydrogens (tertiary/aromatic N) is 1. The fraction of sp³-hybridized carbons (Fsp3) is 0.192. The van der Waals surface area contributed by atoms with Gasteiger partial charge in [-0.15, -0.1) is 0 Å². The summed E-state index contributed by atoms with van der Waals surface area (Å²) in [6, 6.07) is 23.3. The van der Waals surface area contributed by atoms with Gasteiger partial charge in [-0.2, -0.15) is 0 Å². The van der Waals surface area contributed by atoms with Crippen LogP contribution >= 0.6 is 0 Å². The summed E-state index contributed by atoms with van der Waals surface area (Å²) in [5, 5.41) is 0.941. The van der Waals surface area contributed by atoms with Gasteiger partial charge < -0.3 is 19.2 Å². The Morgan fingerprint density at radius 2 is 1.62 bits per heavy atom. The van der Waals surface area contributed by atoms with Gasteiger partial charge in [0.25, 0.3) is 0 Å². The van der Waals surface area contributed by atoms with Gasteiger partial charge >= 0.3 is 6.09 Å². The first kappa shape index (κ1) is 21.3. The first-order valence-corrected chi connectivity index (χ1v) is 10.5. The van der Waals surface area contributed by atoms with Crippen LogP contribution < -0.4 is 14.4 Å². The van der Waals surface area contributed by atoms with Crippen LogP contribution in [0, 0.1) is 0 Å². The quantitative estimate of drug-likeness (QED) is 0.390. The molecule has 1 N–H and O–H groups in total. The van der Waals surface area contributed by atoms with E-state index in [0.717, 1.165) is 33.4 Å². The highest BCUT2D eigenvalue weighted by Gasteiger charge is 2.24.